The summed E-state index contributed by atoms with van der Waals surface area (Å²) in [6.07, 6.45) is 0. The van der Waals surface area contributed by atoms with Gasteiger partial charge in [-0.3, -0.25) is 0 Å². The van der Waals surface area contributed by atoms with Crippen LogP contribution in [0.3, 0.4) is 0 Å². The molecule has 1 atom stereocenters. The highest BCUT2D eigenvalue weighted by atomic mass is 32.2. The number of benzene rings is 3. The minimum atomic E-state index is 0.0918. The number of thioether (sulfide) groups is 1. The van der Waals surface area contributed by atoms with Crippen LogP contribution in [0.15, 0.2) is 101 Å². The van der Waals surface area contributed by atoms with E-state index in [0.717, 1.165) is 10.7 Å². The van der Waals surface area contributed by atoms with Gasteiger partial charge in [0.1, 0.15) is 0 Å². The summed E-state index contributed by atoms with van der Waals surface area (Å²) < 4.78 is 0. The lowest BCUT2D eigenvalue weighted by atomic mass is 9.88. The topological polar surface area (TPSA) is 24.4 Å². The Morgan fingerprint density at radius 2 is 1.41 bits per heavy atom. The van der Waals surface area contributed by atoms with Gasteiger partial charge in [0.05, 0.1) is 11.0 Å². The van der Waals surface area contributed by atoms with Gasteiger partial charge in [-0.15, -0.1) is 0 Å². The number of nitrogens with one attached hydrogen (secondary N) is 1. The van der Waals surface area contributed by atoms with E-state index in [0.29, 0.717) is 5.11 Å². The van der Waals surface area contributed by atoms with Crippen LogP contribution in [0.5, 0.6) is 0 Å². The molecule has 1 unspecified atom stereocenters. The van der Waals surface area contributed by atoms with Crippen molar-refractivity contribution in [1.82, 2.24) is 0 Å². The fourth-order valence-electron chi connectivity index (χ4n) is 3.09. The number of rotatable bonds is 3. The lowest BCUT2D eigenvalue weighted by molar-refractivity contribution is 1.19. The maximum absolute atomic E-state index is 5.50. The van der Waals surface area contributed by atoms with E-state index in [1.54, 1.807) is 11.8 Å². The smallest absolute Gasteiger partial charge is 0.198 e. The molecule has 3 aromatic rings. The van der Waals surface area contributed by atoms with Gasteiger partial charge in [0.25, 0.3) is 0 Å². The van der Waals surface area contributed by atoms with Gasteiger partial charge in [-0.2, -0.15) is 0 Å². The van der Waals surface area contributed by atoms with Crippen molar-refractivity contribution in [3.05, 3.63) is 108 Å². The van der Waals surface area contributed by atoms with E-state index in [4.69, 9.17) is 17.2 Å². The van der Waals surface area contributed by atoms with E-state index in [-0.39, 0.29) is 5.92 Å². The first-order chi connectivity index (χ1) is 13.3. The number of aliphatic imine (C=N–C) groups is 1. The number of para-hydroxylation sites is 1. The van der Waals surface area contributed by atoms with E-state index in [1.807, 2.05) is 42.5 Å². The van der Waals surface area contributed by atoms with Crippen LogP contribution in [-0.4, -0.2) is 10.2 Å². The van der Waals surface area contributed by atoms with Crippen molar-refractivity contribution in [2.75, 3.05) is 5.32 Å². The molecule has 0 aromatic heterocycles. The summed E-state index contributed by atoms with van der Waals surface area (Å²) in [5.74, 6) is 0.0918. The number of nitrogens with zero attached hydrogens (tertiary/aromatic N) is 1. The molecule has 0 spiro atoms. The molecule has 0 saturated carbocycles. The van der Waals surface area contributed by atoms with Crippen molar-refractivity contribution in [3.8, 4) is 0 Å². The minimum absolute atomic E-state index is 0.0918. The third kappa shape index (κ3) is 4.18. The summed E-state index contributed by atoms with van der Waals surface area (Å²) in [6.45, 7) is 0. The fraction of sp³-hybridized carbons (Fsp3) is 0.0435. The molecule has 1 heterocycles. The van der Waals surface area contributed by atoms with Gasteiger partial charge in [0, 0.05) is 5.69 Å². The molecule has 0 radical (unpaired) electrons. The Morgan fingerprint density at radius 3 is 2.07 bits per heavy atom. The molecule has 0 bridgehead atoms. The molecular formula is C23H18N2S2. The maximum Gasteiger partial charge on any atom is 0.198 e. The number of thiocarbonyl (C=S) groups is 1. The summed E-state index contributed by atoms with van der Waals surface area (Å²) in [5, 5.41) is 6.87. The molecule has 0 aliphatic carbocycles. The highest BCUT2D eigenvalue weighted by Crippen LogP contribution is 2.44. The van der Waals surface area contributed by atoms with Crippen molar-refractivity contribution in [3.63, 3.8) is 0 Å². The van der Waals surface area contributed by atoms with E-state index in [9.17, 15) is 0 Å². The monoisotopic (exact) mass is 386 g/mol. The van der Waals surface area contributed by atoms with E-state index in [1.165, 1.54) is 16.7 Å². The van der Waals surface area contributed by atoms with Gasteiger partial charge in [0.15, 0.2) is 5.11 Å². The Morgan fingerprint density at radius 1 is 0.815 bits per heavy atom. The fourth-order valence-corrected chi connectivity index (χ4v) is 4.43. The molecule has 0 amide bonds. The second kappa shape index (κ2) is 8.33. The number of anilines is 1. The summed E-state index contributed by atoms with van der Waals surface area (Å²) in [5.41, 5.74) is 4.64. The van der Waals surface area contributed by atoms with Crippen molar-refractivity contribution < 1.29 is 0 Å². The van der Waals surface area contributed by atoms with Crippen LogP contribution in [0.1, 0.15) is 17.0 Å². The number of hydrogen-bond acceptors (Lipinski definition) is 2. The number of allylic oxidation sites excluding steroid dienone is 1. The second-order valence-corrected chi connectivity index (χ2v) is 7.42. The third-order valence-electron chi connectivity index (χ3n) is 4.34. The molecule has 1 aliphatic heterocycles. The minimum Gasteiger partial charge on any atom is -0.331 e. The van der Waals surface area contributed by atoms with Gasteiger partial charge < -0.3 is 5.32 Å². The first-order valence-corrected chi connectivity index (χ1v) is 10.0. The Hall–Kier alpha value is -2.69. The zero-order valence-electron chi connectivity index (χ0n) is 14.6. The molecule has 1 aliphatic rings. The Balaban J connectivity index is 1.65. The van der Waals surface area contributed by atoms with Gasteiger partial charge >= 0.3 is 0 Å². The Bertz CT molecular complexity index is 981. The van der Waals surface area contributed by atoms with Gasteiger partial charge in [-0.25, -0.2) is 4.99 Å². The molecular weight excluding hydrogens is 368 g/mol. The van der Waals surface area contributed by atoms with Crippen molar-refractivity contribution in [2.24, 2.45) is 4.99 Å². The number of hydrogen-bond donors (Lipinski definition) is 1. The summed E-state index contributed by atoms with van der Waals surface area (Å²) >= 11 is 7.14. The zero-order chi connectivity index (χ0) is 18.5. The van der Waals surface area contributed by atoms with Crippen LogP contribution in [0.2, 0.25) is 0 Å². The Labute approximate surface area is 169 Å². The molecule has 0 saturated heterocycles. The lowest BCUT2D eigenvalue weighted by Crippen LogP contribution is -2.13. The standard InChI is InChI=1S/C23H18N2S2/c26-23(24-19-14-8-3-9-15-19)25-22-21(18-12-6-2-7-13-18)20(16-27-22)17-10-4-1-5-11-17/h1-16,21H,(H,24,26)/b25-22-. The predicted molar refractivity (Wildman–Crippen MR) is 121 cm³/mol. The van der Waals surface area contributed by atoms with Crippen LogP contribution < -0.4 is 5.32 Å². The van der Waals surface area contributed by atoms with Crippen LogP contribution in [0, 0.1) is 0 Å². The molecule has 132 valence electrons. The SMILES string of the molecule is S=C(/N=C1\SC=C(c2ccccc2)C1c1ccccc1)Nc1ccccc1. The highest BCUT2D eigenvalue weighted by molar-refractivity contribution is 8.17. The third-order valence-corrected chi connectivity index (χ3v) is 5.48. The second-order valence-electron chi connectivity index (χ2n) is 6.15. The summed E-state index contributed by atoms with van der Waals surface area (Å²) in [7, 11) is 0. The summed E-state index contributed by atoms with van der Waals surface area (Å²) in [6, 6.07) is 30.8. The van der Waals surface area contributed by atoms with Crippen LogP contribution >= 0.6 is 24.0 Å². The summed E-state index contributed by atoms with van der Waals surface area (Å²) in [4.78, 5) is 4.75. The quantitative estimate of drug-likeness (QED) is 0.531. The Kier molecular flexibility index (Phi) is 5.47. The molecule has 3 aromatic carbocycles. The van der Waals surface area contributed by atoms with Crippen molar-refractivity contribution >= 4 is 45.4 Å². The molecule has 2 nitrogen and oxygen atoms in total. The average Bonchev–Trinajstić information content (AvgIpc) is 3.13. The largest absolute Gasteiger partial charge is 0.331 e. The zero-order valence-corrected chi connectivity index (χ0v) is 16.2. The van der Waals surface area contributed by atoms with Gasteiger partial charge in [-0.05, 0) is 46.5 Å². The van der Waals surface area contributed by atoms with Gasteiger partial charge in [0.2, 0.25) is 0 Å². The predicted octanol–water partition coefficient (Wildman–Crippen LogP) is 6.35. The van der Waals surface area contributed by atoms with Crippen LogP contribution in [0.4, 0.5) is 5.69 Å². The van der Waals surface area contributed by atoms with Crippen LogP contribution in [-0.2, 0) is 0 Å². The van der Waals surface area contributed by atoms with Crippen molar-refractivity contribution in [1.29, 1.82) is 0 Å². The molecule has 4 heteroatoms. The molecule has 1 N–H and O–H groups in total. The van der Waals surface area contributed by atoms with Crippen molar-refractivity contribution in [2.45, 2.75) is 5.92 Å². The first-order valence-electron chi connectivity index (χ1n) is 8.73. The first kappa shape index (κ1) is 17.7. The lowest BCUT2D eigenvalue weighted by Gasteiger charge is -2.17. The average molecular weight is 387 g/mol. The molecule has 4 rings (SSSR count). The maximum atomic E-state index is 5.50. The molecule has 0 fully saturated rings. The highest BCUT2D eigenvalue weighted by Gasteiger charge is 2.29. The van der Waals surface area contributed by atoms with E-state index in [2.05, 4.69) is 59.3 Å². The van der Waals surface area contributed by atoms with E-state index >= 15 is 0 Å². The molecule has 27 heavy (non-hydrogen) atoms. The van der Waals surface area contributed by atoms with E-state index < -0.39 is 0 Å². The normalized spacial score (nSPS) is 17.6. The van der Waals surface area contributed by atoms with Crippen LogP contribution in [0.25, 0.3) is 5.57 Å². The van der Waals surface area contributed by atoms with Gasteiger partial charge in [-0.1, -0.05) is 90.6 Å².